The van der Waals surface area contributed by atoms with E-state index in [-0.39, 0.29) is 0 Å². The van der Waals surface area contributed by atoms with E-state index >= 15 is 0 Å². The van der Waals surface area contributed by atoms with Crippen molar-refractivity contribution in [1.29, 1.82) is 0 Å². The number of fused-ring (bicyclic) bond motifs is 2. The predicted octanol–water partition coefficient (Wildman–Crippen LogP) is 3.64. The highest BCUT2D eigenvalue weighted by Gasteiger charge is 2.68. The van der Waals surface area contributed by atoms with Gasteiger partial charge in [0.05, 0.1) is 5.92 Å². The molecule has 1 N–H and O–H groups in total. The number of aldehydes is 1. The number of anilines is 1. The molecule has 1 amide bonds. The van der Waals surface area contributed by atoms with Crippen LogP contribution in [0.1, 0.15) is 17.0 Å². The first-order chi connectivity index (χ1) is 13.2. The molecule has 2 aliphatic heterocycles. The number of para-hydroxylation sites is 1. The van der Waals surface area contributed by atoms with Crippen LogP contribution in [0.4, 0.5) is 18.9 Å². The van der Waals surface area contributed by atoms with E-state index in [1.54, 1.807) is 24.3 Å². The normalized spacial score (nSPS) is 29.4. The van der Waals surface area contributed by atoms with Crippen LogP contribution in [0.15, 0.2) is 48.5 Å². The zero-order valence-corrected chi connectivity index (χ0v) is 15.5. The maximum atomic E-state index is 14.0. The number of halogens is 4. The zero-order chi connectivity index (χ0) is 20.3. The fourth-order valence-corrected chi connectivity index (χ4v) is 4.64. The zero-order valence-electron chi connectivity index (χ0n) is 14.7. The minimum Gasteiger partial charge on any atom is -0.313 e. The molecule has 1 spiro atoms. The van der Waals surface area contributed by atoms with Crippen molar-refractivity contribution in [3.8, 4) is 0 Å². The Morgan fingerprint density at radius 3 is 2.39 bits per heavy atom. The smallest absolute Gasteiger partial charge is 0.313 e. The van der Waals surface area contributed by atoms with Crippen molar-refractivity contribution in [3.63, 3.8) is 0 Å². The number of rotatable bonds is 2. The molecule has 0 bridgehead atoms. The second-order valence-electron chi connectivity index (χ2n) is 7.09. The number of nitrogens with one attached hydrogen (secondary N) is 1. The molecule has 1 fully saturated rings. The molecule has 2 aromatic carbocycles. The van der Waals surface area contributed by atoms with E-state index in [1.165, 1.54) is 36.2 Å². The lowest BCUT2D eigenvalue weighted by atomic mass is 9.73. The monoisotopic (exact) mass is 408 g/mol. The molecule has 0 saturated carbocycles. The molecule has 2 aliphatic rings. The number of likely N-dealkylation sites (N-methyl/N-ethyl adjacent to an activating group) is 1. The van der Waals surface area contributed by atoms with Gasteiger partial charge in [0, 0.05) is 29.2 Å². The third kappa shape index (κ3) is 2.49. The predicted molar refractivity (Wildman–Crippen MR) is 98.3 cm³/mol. The topological polar surface area (TPSA) is 49.4 Å². The van der Waals surface area contributed by atoms with Gasteiger partial charge in [0.1, 0.15) is 17.9 Å². The molecule has 0 radical (unpaired) electrons. The summed E-state index contributed by atoms with van der Waals surface area (Å²) in [7, 11) is 1.50. The highest BCUT2D eigenvalue weighted by molar-refractivity contribution is 6.30. The lowest BCUT2D eigenvalue weighted by Gasteiger charge is -2.28. The van der Waals surface area contributed by atoms with Crippen LogP contribution < -0.4 is 10.2 Å². The number of hydrogen-bond acceptors (Lipinski definition) is 3. The molecule has 0 aliphatic carbocycles. The Labute approximate surface area is 164 Å². The number of carbonyl (C=O) groups is 2. The van der Waals surface area contributed by atoms with Gasteiger partial charge in [0.25, 0.3) is 5.91 Å². The first kappa shape index (κ1) is 19.0. The fourth-order valence-electron chi connectivity index (χ4n) is 4.52. The molecule has 2 aromatic rings. The SMILES string of the molecule is CN1C(=O)[C@]2(N[C@H](C(F)(F)F)[C@H](c3ccc(Cl)cc3)[C@@H]2C=O)c2ccccc21. The third-order valence-electron chi connectivity index (χ3n) is 5.72. The average molecular weight is 409 g/mol. The number of alkyl halides is 3. The van der Waals surface area contributed by atoms with Crippen molar-refractivity contribution in [2.24, 2.45) is 5.92 Å². The quantitative estimate of drug-likeness (QED) is 0.772. The fraction of sp³-hybridized carbons (Fsp3) is 0.300. The summed E-state index contributed by atoms with van der Waals surface area (Å²) in [6.45, 7) is 0. The highest BCUT2D eigenvalue weighted by atomic mass is 35.5. The Morgan fingerprint density at radius 1 is 1.14 bits per heavy atom. The lowest BCUT2D eigenvalue weighted by molar-refractivity contribution is -0.158. The van der Waals surface area contributed by atoms with Crippen LogP contribution in [0, 0.1) is 5.92 Å². The third-order valence-corrected chi connectivity index (χ3v) is 5.97. The van der Waals surface area contributed by atoms with Crippen LogP contribution in [-0.2, 0) is 15.1 Å². The van der Waals surface area contributed by atoms with Crippen LogP contribution in [0.5, 0.6) is 0 Å². The minimum atomic E-state index is -4.66. The largest absolute Gasteiger partial charge is 0.404 e. The van der Waals surface area contributed by atoms with Gasteiger partial charge in [-0.25, -0.2) is 0 Å². The summed E-state index contributed by atoms with van der Waals surface area (Å²) in [4.78, 5) is 26.6. The first-order valence-electron chi connectivity index (χ1n) is 8.64. The van der Waals surface area contributed by atoms with Gasteiger partial charge in [-0.15, -0.1) is 0 Å². The molecule has 4 rings (SSSR count). The van der Waals surface area contributed by atoms with Gasteiger partial charge in [-0.3, -0.25) is 10.1 Å². The molecule has 2 heterocycles. The molecule has 1 saturated heterocycles. The number of amides is 1. The van der Waals surface area contributed by atoms with E-state index in [2.05, 4.69) is 5.32 Å². The standard InChI is InChI=1S/C20H16ClF3N2O2/c1-26-15-5-3-2-4-13(15)19(18(26)28)14(10-27)16(17(25-19)20(22,23)24)11-6-8-12(21)9-7-11/h2-10,14,16-17,25H,1H3/t14-,16+,17-,19-/m0/s1. The van der Waals surface area contributed by atoms with E-state index in [1.807, 2.05) is 0 Å². The van der Waals surface area contributed by atoms with Crippen LogP contribution >= 0.6 is 11.6 Å². The van der Waals surface area contributed by atoms with E-state index < -0.39 is 35.5 Å². The van der Waals surface area contributed by atoms with Crippen LogP contribution in [-0.4, -0.2) is 31.5 Å². The Hall–Kier alpha value is -2.38. The molecule has 8 heteroatoms. The van der Waals surface area contributed by atoms with E-state index in [0.29, 0.717) is 28.1 Å². The Kier molecular flexibility index (Phi) is 4.28. The summed E-state index contributed by atoms with van der Waals surface area (Å²) in [5, 5.41) is 2.90. The van der Waals surface area contributed by atoms with Crippen LogP contribution in [0.25, 0.3) is 0 Å². The Bertz CT molecular complexity index is 947. The van der Waals surface area contributed by atoms with E-state index in [4.69, 9.17) is 11.6 Å². The van der Waals surface area contributed by atoms with E-state index in [9.17, 15) is 22.8 Å². The molecule has 28 heavy (non-hydrogen) atoms. The van der Waals surface area contributed by atoms with Crippen molar-refractivity contribution in [2.75, 3.05) is 11.9 Å². The summed E-state index contributed by atoms with van der Waals surface area (Å²) < 4.78 is 42.0. The number of hydrogen-bond donors (Lipinski definition) is 1. The van der Waals surface area contributed by atoms with Crippen molar-refractivity contribution in [3.05, 3.63) is 64.7 Å². The molecule has 0 unspecified atom stereocenters. The molecule has 4 atom stereocenters. The van der Waals surface area contributed by atoms with Gasteiger partial charge in [0.2, 0.25) is 0 Å². The molecular weight excluding hydrogens is 393 g/mol. The summed E-state index contributed by atoms with van der Waals surface area (Å²) in [6, 6.07) is 10.4. The van der Waals surface area contributed by atoms with Crippen molar-refractivity contribution in [2.45, 2.75) is 23.7 Å². The molecule has 146 valence electrons. The molecule has 4 nitrogen and oxygen atoms in total. The van der Waals surface area contributed by atoms with Gasteiger partial charge >= 0.3 is 6.18 Å². The Morgan fingerprint density at radius 2 is 1.79 bits per heavy atom. The second-order valence-corrected chi connectivity index (χ2v) is 7.53. The number of benzene rings is 2. The second kappa shape index (κ2) is 6.32. The van der Waals surface area contributed by atoms with Crippen molar-refractivity contribution in [1.82, 2.24) is 5.32 Å². The minimum absolute atomic E-state index is 0.299. The van der Waals surface area contributed by atoms with Gasteiger partial charge in [-0.05, 0) is 23.8 Å². The van der Waals surface area contributed by atoms with E-state index in [0.717, 1.165) is 0 Å². The highest BCUT2D eigenvalue weighted by Crippen LogP contribution is 2.55. The van der Waals surface area contributed by atoms with Crippen molar-refractivity contribution < 1.29 is 22.8 Å². The van der Waals surface area contributed by atoms with Crippen LogP contribution in [0.3, 0.4) is 0 Å². The van der Waals surface area contributed by atoms with Crippen LogP contribution in [0.2, 0.25) is 5.02 Å². The van der Waals surface area contributed by atoms with Gasteiger partial charge in [-0.1, -0.05) is 41.9 Å². The molecule has 0 aromatic heterocycles. The summed E-state index contributed by atoms with van der Waals surface area (Å²) in [6.07, 6.45) is -4.20. The maximum Gasteiger partial charge on any atom is 0.404 e. The van der Waals surface area contributed by atoms with Gasteiger partial charge in [0.15, 0.2) is 0 Å². The average Bonchev–Trinajstić information content (AvgIpc) is 3.13. The van der Waals surface area contributed by atoms with Crippen molar-refractivity contribution >= 4 is 29.5 Å². The summed E-state index contributed by atoms with van der Waals surface area (Å²) in [5.41, 5.74) is -0.597. The lowest BCUT2D eigenvalue weighted by Crippen LogP contribution is -2.54. The van der Waals surface area contributed by atoms with Gasteiger partial charge in [-0.2, -0.15) is 13.2 Å². The maximum absolute atomic E-state index is 14.0. The number of carbonyl (C=O) groups excluding carboxylic acids is 2. The summed E-state index contributed by atoms with van der Waals surface area (Å²) in [5.74, 6) is -3.08. The van der Waals surface area contributed by atoms with Gasteiger partial charge < -0.3 is 9.69 Å². The Balaban J connectivity index is 1.95. The summed E-state index contributed by atoms with van der Waals surface area (Å²) >= 11 is 5.88. The number of nitrogens with zero attached hydrogens (tertiary/aromatic N) is 1. The molecular formula is C20H16ClF3N2O2. The first-order valence-corrected chi connectivity index (χ1v) is 9.02.